The number of nitriles is 1. The van der Waals surface area contributed by atoms with E-state index in [2.05, 4.69) is 21.3 Å². The fourth-order valence-electron chi connectivity index (χ4n) is 3.62. The van der Waals surface area contributed by atoms with Gasteiger partial charge in [0.2, 0.25) is 0 Å². The van der Waals surface area contributed by atoms with Crippen LogP contribution in [0.2, 0.25) is 0 Å². The van der Waals surface area contributed by atoms with Crippen molar-refractivity contribution in [2.75, 3.05) is 24.6 Å². The Morgan fingerprint density at radius 2 is 2.17 bits per heavy atom. The summed E-state index contributed by atoms with van der Waals surface area (Å²) >= 11 is 0. The van der Waals surface area contributed by atoms with Crippen molar-refractivity contribution < 1.29 is 14.6 Å². The van der Waals surface area contributed by atoms with Crippen LogP contribution in [0.3, 0.4) is 0 Å². The standard InChI is InChI=1S/C22H28N4O3/c1-14-11-26(12-18(29-14)21(28)25-19(13-27)22(2,3)4)17-8-7-15(10-23)20-16(17)6-5-9-24-20/h5-9,14,18-19,27H,11-13H2,1-4H3,(H,25,28)/t14-,18-,19-/m1/s1. The van der Waals surface area contributed by atoms with Crippen LogP contribution in [-0.4, -0.2) is 53.9 Å². The predicted molar refractivity (Wildman–Crippen MR) is 111 cm³/mol. The van der Waals surface area contributed by atoms with Crippen molar-refractivity contribution >= 4 is 22.5 Å². The van der Waals surface area contributed by atoms with E-state index in [0.717, 1.165) is 11.1 Å². The maximum atomic E-state index is 12.9. The lowest BCUT2D eigenvalue weighted by Gasteiger charge is -2.39. The number of amides is 1. The molecule has 1 saturated heterocycles. The molecular formula is C22H28N4O3. The second-order valence-corrected chi connectivity index (χ2v) is 8.59. The highest BCUT2D eigenvalue weighted by Crippen LogP contribution is 2.30. The van der Waals surface area contributed by atoms with Crippen LogP contribution in [0.25, 0.3) is 10.9 Å². The third-order valence-electron chi connectivity index (χ3n) is 5.30. The van der Waals surface area contributed by atoms with E-state index in [1.165, 1.54) is 0 Å². The second-order valence-electron chi connectivity index (χ2n) is 8.59. The maximum absolute atomic E-state index is 12.9. The zero-order valence-electron chi connectivity index (χ0n) is 17.3. The Kier molecular flexibility index (Phi) is 6.06. The Labute approximate surface area is 171 Å². The lowest BCUT2D eigenvalue weighted by Crippen LogP contribution is -2.56. The molecule has 1 aromatic carbocycles. The molecule has 2 N–H and O–H groups in total. The van der Waals surface area contributed by atoms with Gasteiger partial charge in [-0.05, 0) is 36.6 Å². The highest BCUT2D eigenvalue weighted by atomic mass is 16.5. The van der Waals surface area contributed by atoms with Crippen molar-refractivity contribution in [3.63, 3.8) is 0 Å². The average Bonchev–Trinajstić information content (AvgIpc) is 2.69. The first-order valence-electron chi connectivity index (χ1n) is 9.84. The van der Waals surface area contributed by atoms with Crippen LogP contribution >= 0.6 is 0 Å². The van der Waals surface area contributed by atoms with Crippen molar-refractivity contribution in [2.24, 2.45) is 5.41 Å². The van der Waals surface area contributed by atoms with E-state index in [1.54, 1.807) is 12.3 Å². The summed E-state index contributed by atoms with van der Waals surface area (Å²) in [5.74, 6) is -0.230. The third kappa shape index (κ3) is 4.50. The van der Waals surface area contributed by atoms with Gasteiger partial charge in [0.25, 0.3) is 5.91 Å². The summed E-state index contributed by atoms with van der Waals surface area (Å²) in [5.41, 5.74) is 1.84. The van der Waals surface area contributed by atoms with E-state index in [9.17, 15) is 15.2 Å². The van der Waals surface area contributed by atoms with E-state index in [1.807, 2.05) is 45.9 Å². The monoisotopic (exact) mass is 396 g/mol. The van der Waals surface area contributed by atoms with Gasteiger partial charge in [-0.25, -0.2) is 0 Å². The number of anilines is 1. The summed E-state index contributed by atoms with van der Waals surface area (Å²) in [5, 5.41) is 22.8. The van der Waals surface area contributed by atoms with Crippen molar-refractivity contribution in [1.29, 1.82) is 5.26 Å². The Morgan fingerprint density at radius 3 is 2.83 bits per heavy atom. The lowest BCUT2D eigenvalue weighted by molar-refractivity contribution is -0.139. The van der Waals surface area contributed by atoms with E-state index in [-0.39, 0.29) is 30.1 Å². The molecule has 2 heterocycles. The van der Waals surface area contributed by atoms with Crippen LogP contribution in [0.4, 0.5) is 5.69 Å². The molecule has 0 bridgehead atoms. The molecule has 0 spiro atoms. The number of aliphatic hydroxyl groups excluding tert-OH is 1. The van der Waals surface area contributed by atoms with E-state index in [4.69, 9.17) is 4.74 Å². The number of nitrogens with zero attached hydrogens (tertiary/aromatic N) is 3. The fraction of sp³-hybridized carbons (Fsp3) is 0.500. The molecular weight excluding hydrogens is 368 g/mol. The van der Waals surface area contributed by atoms with Crippen LogP contribution in [0, 0.1) is 16.7 Å². The lowest BCUT2D eigenvalue weighted by atomic mass is 9.87. The first kappa shape index (κ1) is 21.0. The van der Waals surface area contributed by atoms with E-state index in [0.29, 0.717) is 24.2 Å². The summed E-state index contributed by atoms with van der Waals surface area (Å²) in [6.07, 6.45) is 0.869. The molecule has 2 aromatic rings. The Balaban J connectivity index is 1.87. The van der Waals surface area contributed by atoms with Crippen molar-refractivity contribution in [3.8, 4) is 6.07 Å². The molecule has 29 heavy (non-hydrogen) atoms. The number of rotatable bonds is 4. The largest absolute Gasteiger partial charge is 0.394 e. The maximum Gasteiger partial charge on any atom is 0.251 e. The highest BCUT2D eigenvalue weighted by molar-refractivity contribution is 5.95. The number of carbonyl (C=O) groups is 1. The minimum Gasteiger partial charge on any atom is -0.394 e. The fourth-order valence-corrected chi connectivity index (χ4v) is 3.62. The number of nitrogens with one attached hydrogen (secondary N) is 1. The number of morpholine rings is 1. The number of pyridine rings is 1. The van der Waals surface area contributed by atoms with Gasteiger partial charge in [-0.3, -0.25) is 9.78 Å². The third-order valence-corrected chi connectivity index (χ3v) is 5.30. The van der Waals surface area contributed by atoms with Crippen LogP contribution < -0.4 is 10.2 Å². The summed E-state index contributed by atoms with van der Waals surface area (Å²) in [6, 6.07) is 9.28. The predicted octanol–water partition coefficient (Wildman–Crippen LogP) is 2.22. The van der Waals surface area contributed by atoms with E-state index >= 15 is 0 Å². The first-order chi connectivity index (χ1) is 13.7. The van der Waals surface area contributed by atoms with Crippen molar-refractivity contribution in [3.05, 3.63) is 36.0 Å². The molecule has 0 aliphatic carbocycles. The second kappa shape index (κ2) is 8.36. The number of benzene rings is 1. The molecule has 1 aromatic heterocycles. The molecule has 7 heteroatoms. The molecule has 0 unspecified atom stereocenters. The minimum atomic E-state index is -0.655. The molecule has 1 amide bonds. The molecule has 1 aliphatic rings. The van der Waals surface area contributed by atoms with Gasteiger partial charge in [0.1, 0.15) is 6.07 Å². The molecule has 154 valence electrons. The molecule has 0 radical (unpaired) electrons. The Bertz CT molecular complexity index is 932. The summed E-state index contributed by atoms with van der Waals surface area (Å²) < 4.78 is 5.91. The number of hydrogen-bond donors (Lipinski definition) is 2. The summed E-state index contributed by atoms with van der Waals surface area (Å²) in [7, 11) is 0. The van der Waals surface area contributed by atoms with Gasteiger partial charge in [-0.1, -0.05) is 20.8 Å². The highest BCUT2D eigenvalue weighted by Gasteiger charge is 2.34. The van der Waals surface area contributed by atoms with Crippen LogP contribution in [0.15, 0.2) is 30.5 Å². The van der Waals surface area contributed by atoms with Crippen molar-refractivity contribution in [1.82, 2.24) is 10.3 Å². The Hall–Kier alpha value is -2.69. The molecule has 0 saturated carbocycles. The normalized spacial score (nSPS) is 20.9. The van der Waals surface area contributed by atoms with Crippen LogP contribution in [-0.2, 0) is 9.53 Å². The molecule has 7 nitrogen and oxygen atoms in total. The summed E-state index contributed by atoms with van der Waals surface area (Å²) in [4.78, 5) is 19.3. The molecule has 1 aliphatic heterocycles. The van der Waals surface area contributed by atoms with Gasteiger partial charge >= 0.3 is 0 Å². The number of hydrogen-bond acceptors (Lipinski definition) is 6. The van der Waals surface area contributed by atoms with Gasteiger partial charge < -0.3 is 20.1 Å². The number of aliphatic hydroxyl groups is 1. The average molecular weight is 396 g/mol. The first-order valence-corrected chi connectivity index (χ1v) is 9.84. The van der Waals surface area contributed by atoms with Crippen LogP contribution in [0.5, 0.6) is 0 Å². The van der Waals surface area contributed by atoms with Gasteiger partial charge in [-0.15, -0.1) is 0 Å². The van der Waals surface area contributed by atoms with Crippen molar-refractivity contribution in [2.45, 2.75) is 45.9 Å². The van der Waals surface area contributed by atoms with Crippen LogP contribution in [0.1, 0.15) is 33.3 Å². The zero-order chi connectivity index (χ0) is 21.2. The SMILES string of the molecule is C[C@@H]1CN(c2ccc(C#N)c3ncccc23)C[C@H](C(=O)N[C@H](CO)C(C)(C)C)O1. The van der Waals surface area contributed by atoms with Gasteiger partial charge in [0.05, 0.1) is 36.4 Å². The smallest absolute Gasteiger partial charge is 0.251 e. The molecule has 1 fully saturated rings. The van der Waals surface area contributed by atoms with Gasteiger partial charge in [-0.2, -0.15) is 5.26 Å². The zero-order valence-corrected chi connectivity index (χ0v) is 17.3. The number of ether oxygens (including phenoxy) is 1. The van der Waals surface area contributed by atoms with Gasteiger partial charge in [0, 0.05) is 23.8 Å². The van der Waals surface area contributed by atoms with E-state index < -0.39 is 6.10 Å². The quantitative estimate of drug-likeness (QED) is 0.822. The topological polar surface area (TPSA) is 98.5 Å². The van der Waals surface area contributed by atoms with Gasteiger partial charge in [0.15, 0.2) is 6.10 Å². The minimum absolute atomic E-state index is 0.132. The Morgan fingerprint density at radius 1 is 1.41 bits per heavy atom. The number of fused-ring (bicyclic) bond motifs is 1. The molecule has 3 atom stereocenters. The number of carbonyl (C=O) groups excluding carboxylic acids is 1. The summed E-state index contributed by atoms with van der Waals surface area (Å²) in [6.45, 7) is 8.73. The molecule has 3 rings (SSSR count). The number of aromatic nitrogens is 1.